The van der Waals surface area contributed by atoms with Gasteiger partial charge in [0.15, 0.2) is 0 Å². The SMILES string of the molecule is C/C=C1\c2ccccc2C(=O)N2CCC[C@@H]12. The van der Waals surface area contributed by atoms with Gasteiger partial charge in [-0.05, 0) is 37.0 Å². The fraction of sp³-hybridized carbons (Fsp3) is 0.357. The molecular formula is C14H15NO. The van der Waals surface area contributed by atoms with Gasteiger partial charge in [0.25, 0.3) is 5.91 Å². The van der Waals surface area contributed by atoms with Crippen LogP contribution in [0.15, 0.2) is 30.3 Å². The molecule has 82 valence electrons. The summed E-state index contributed by atoms with van der Waals surface area (Å²) in [5, 5.41) is 0. The molecule has 0 spiro atoms. The Labute approximate surface area is 95.6 Å². The zero-order chi connectivity index (χ0) is 11.1. The number of allylic oxidation sites excluding steroid dienone is 1. The van der Waals surface area contributed by atoms with E-state index in [9.17, 15) is 4.79 Å². The van der Waals surface area contributed by atoms with Crippen molar-refractivity contribution in [3.63, 3.8) is 0 Å². The normalized spacial score (nSPS) is 25.8. The van der Waals surface area contributed by atoms with Crippen LogP contribution in [0, 0.1) is 0 Å². The molecule has 0 aliphatic carbocycles. The molecule has 1 aromatic carbocycles. The summed E-state index contributed by atoms with van der Waals surface area (Å²) in [6.07, 6.45) is 4.40. The summed E-state index contributed by atoms with van der Waals surface area (Å²) in [6, 6.07) is 8.29. The van der Waals surface area contributed by atoms with E-state index in [2.05, 4.69) is 19.1 Å². The highest BCUT2D eigenvalue weighted by Crippen LogP contribution is 2.37. The Hall–Kier alpha value is -1.57. The van der Waals surface area contributed by atoms with Gasteiger partial charge in [-0.25, -0.2) is 0 Å². The van der Waals surface area contributed by atoms with E-state index in [0.29, 0.717) is 6.04 Å². The third kappa shape index (κ3) is 1.16. The standard InChI is InChI=1S/C14H15NO/c1-2-10-11-6-3-4-7-12(11)14(16)15-9-5-8-13(10)15/h2-4,6-7,13H,5,8-9H2,1H3/b10-2+/t13-/m0/s1. The van der Waals surface area contributed by atoms with Gasteiger partial charge in [-0.3, -0.25) is 4.79 Å². The second-order valence-corrected chi connectivity index (χ2v) is 4.45. The van der Waals surface area contributed by atoms with Gasteiger partial charge in [0.05, 0.1) is 6.04 Å². The van der Waals surface area contributed by atoms with Gasteiger partial charge >= 0.3 is 0 Å². The van der Waals surface area contributed by atoms with E-state index >= 15 is 0 Å². The second-order valence-electron chi connectivity index (χ2n) is 4.45. The van der Waals surface area contributed by atoms with Crippen molar-refractivity contribution >= 4 is 11.5 Å². The molecule has 2 aliphatic heterocycles. The van der Waals surface area contributed by atoms with Gasteiger partial charge in [-0.2, -0.15) is 0 Å². The number of carbonyl (C=O) groups excluding carboxylic acids is 1. The Morgan fingerprint density at radius 2 is 2.06 bits per heavy atom. The largest absolute Gasteiger partial charge is 0.332 e. The molecule has 0 bridgehead atoms. The zero-order valence-corrected chi connectivity index (χ0v) is 9.44. The van der Waals surface area contributed by atoms with Gasteiger partial charge in [0.1, 0.15) is 0 Å². The van der Waals surface area contributed by atoms with Gasteiger partial charge in [0, 0.05) is 12.1 Å². The first kappa shape index (κ1) is 9.64. The van der Waals surface area contributed by atoms with Crippen LogP contribution in [0.2, 0.25) is 0 Å². The molecule has 3 rings (SSSR count). The van der Waals surface area contributed by atoms with Crippen LogP contribution in [-0.4, -0.2) is 23.4 Å². The topological polar surface area (TPSA) is 20.3 Å². The van der Waals surface area contributed by atoms with Gasteiger partial charge in [0.2, 0.25) is 0 Å². The molecule has 1 fully saturated rings. The van der Waals surface area contributed by atoms with Crippen molar-refractivity contribution < 1.29 is 4.79 Å². The van der Waals surface area contributed by atoms with E-state index < -0.39 is 0 Å². The molecule has 2 aliphatic rings. The van der Waals surface area contributed by atoms with Crippen molar-refractivity contribution in [2.45, 2.75) is 25.8 Å². The van der Waals surface area contributed by atoms with E-state index in [0.717, 1.165) is 30.5 Å². The maximum atomic E-state index is 12.3. The monoisotopic (exact) mass is 213 g/mol. The number of hydrogen-bond acceptors (Lipinski definition) is 1. The fourth-order valence-corrected chi connectivity index (χ4v) is 2.94. The molecule has 1 amide bonds. The number of nitrogens with zero attached hydrogens (tertiary/aromatic N) is 1. The molecule has 0 unspecified atom stereocenters. The predicted molar refractivity (Wildman–Crippen MR) is 64.2 cm³/mol. The summed E-state index contributed by atoms with van der Waals surface area (Å²) in [5.41, 5.74) is 3.33. The maximum Gasteiger partial charge on any atom is 0.254 e. The molecule has 1 saturated heterocycles. The van der Waals surface area contributed by atoms with Crippen molar-refractivity contribution in [2.24, 2.45) is 0 Å². The molecule has 2 heterocycles. The smallest absolute Gasteiger partial charge is 0.254 e. The Balaban J connectivity index is 2.21. The average molecular weight is 213 g/mol. The first-order valence-electron chi connectivity index (χ1n) is 5.89. The summed E-state index contributed by atoms with van der Waals surface area (Å²) in [6.45, 7) is 2.98. The van der Waals surface area contributed by atoms with Crippen molar-refractivity contribution in [2.75, 3.05) is 6.54 Å². The average Bonchev–Trinajstić information content (AvgIpc) is 2.79. The van der Waals surface area contributed by atoms with E-state index in [4.69, 9.17) is 0 Å². The Morgan fingerprint density at radius 1 is 1.31 bits per heavy atom. The highest BCUT2D eigenvalue weighted by molar-refractivity contribution is 6.04. The van der Waals surface area contributed by atoms with Crippen LogP contribution in [0.4, 0.5) is 0 Å². The molecule has 1 atom stereocenters. The van der Waals surface area contributed by atoms with Crippen LogP contribution in [0.25, 0.3) is 5.57 Å². The Bertz CT molecular complexity index is 475. The minimum atomic E-state index is 0.212. The number of carbonyl (C=O) groups is 1. The van der Waals surface area contributed by atoms with E-state index in [1.807, 2.05) is 23.1 Å². The summed E-state index contributed by atoms with van der Waals surface area (Å²) in [5.74, 6) is 0.212. The van der Waals surface area contributed by atoms with Crippen molar-refractivity contribution in [3.05, 3.63) is 41.5 Å². The lowest BCUT2D eigenvalue weighted by atomic mass is 9.88. The second kappa shape index (κ2) is 3.48. The van der Waals surface area contributed by atoms with Crippen LogP contribution >= 0.6 is 0 Å². The molecule has 0 aromatic heterocycles. The van der Waals surface area contributed by atoms with Crippen LogP contribution < -0.4 is 0 Å². The molecule has 1 aromatic rings. The lowest BCUT2D eigenvalue weighted by Crippen LogP contribution is -2.40. The summed E-state index contributed by atoms with van der Waals surface area (Å²) < 4.78 is 0. The van der Waals surface area contributed by atoms with Gasteiger partial charge < -0.3 is 4.90 Å². The molecule has 0 saturated carbocycles. The fourth-order valence-electron chi connectivity index (χ4n) is 2.94. The first-order valence-corrected chi connectivity index (χ1v) is 5.89. The third-order valence-corrected chi connectivity index (χ3v) is 3.65. The molecular weight excluding hydrogens is 198 g/mol. The lowest BCUT2D eigenvalue weighted by Gasteiger charge is -2.33. The minimum absolute atomic E-state index is 0.212. The van der Waals surface area contributed by atoms with Gasteiger partial charge in [-0.15, -0.1) is 0 Å². The number of fused-ring (bicyclic) bond motifs is 2. The van der Waals surface area contributed by atoms with E-state index in [-0.39, 0.29) is 5.91 Å². The predicted octanol–water partition coefficient (Wildman–Crippen LogP) is 2.71. The zero-order valence-electron chi connectivity index (χ0n) is 9.44. The lowest BCUT2D eigenvalue weighted by molar-refractivity contribution is 0.0756. The summed E-state index contributed by atoms with van der Waals surface area (Å²) >= 11 is 0. The van der Waals surface area contributed by atoms with Crippen LogP contribution in [-0.2, 0) is 0 Å². The van der Waals surface area contributed by atoms with Gasteiger partial charge in [-0.1, -0.05) is 24.3 Å². The molecule has 2 nitrogen and oxygen atoms in total. The highest BCUT2D eigenvalue weighted by atomic mass is 16.2. The number of hydrogen-bond donors (Lipinski definition) is 0. The Morgan fingerprint density at radius 3 is 2.81 bits per heavy atom. The van der Waals surface area contributed by atoms with Crippen molar-refractivity contribution in [3.8, 4) is 0 Å². The van der Waals surface area contributed by atoms with Crippen LogP contribution in [0.5, 0.6) is 0 Å². The van der Waals surface area contributed by atoms with Crippen LogP contribution in [0.1, 0.15) is 35.7 Å². The minimum Gasteiger partial charge on any atom is -0.332 e. The quantitative estimate of drug-likeness (QED) is 0.649. The van der Waals surface area contributed by atoms with E-state index in [1.54, 1.807) is 0 Å². The number of amides is 1. The van der Waals surface area contributed by atoms with Crippen molar-refractivity contribution in [1.82, 2.24) is 4.90 Å². The van der Waals surface area contributed by atoms with Crippen LogP contribution in [0.3, 0.4) is 0 Å². The third-order valence-electron chi connectivity index (χ3n) is 3.65. The van der Waals surface area contributed by atoms with Crippen molar-refractivity contribution in [1.29, 1.82) is 0 Å². The number of benzene rings is 1. The molecule has 16 heavy (non-hydrogen) atoms. The molecule has 2 heteroatoms. The molecule has 0 radical (unpaired) electrons. The Kier molecular flexibility index (Phi) is 2.10. The molecule has 0 N–H and O–H groups in total. The first-order chi connectivity index (χ1) is 7.83. The number of rotatable bonds is 0. The summed E-state index contributed by atoms with van der Waals surface area (Å²) in [4.78, 5) is 14.3. The maximum absolute atomic E-state index is 12.3. The summed E-state index contributed by atoms with van der Waals surface area (Å²) in [7, 11) is 0. The van der Waals surface area contributed by atoms with E-state index in [1.165, 1.54) is 5.57 Å². The highest BCUT2D eigenvalue weighted by Gasteiger charge is 2.37.